The molecule has 3 heterocycles. The Kier molecular flexibility index (Phi) is 4.75. The van der Waals surface area contributed by atoms with Gasteiger partial charge in [-0.15, -0.1) is 11.3 Å². The number of para-hydroxylation sites is 1. The van der Waals surface area contributed by atoms with Crippen LogP contribution in [0.2, 0.25) is 0 Å². The third-order valence-electron chi connectivity index (χ3n) is 4.28. The number of carbonyl (C=O) groups excluding carboxylic acids is 1. The van der Waals surface area contributed by atoms with E-state index in [1.54, 1.807) is 12.1 Å². The van der Waals surface area contributed by atoms with E-state index in [-0.39, 0.29) is 16.7 Å². The molecule has 8 nitrogen and oxygen atoms in total. The quantitative estimate of drug-likeness (QED) is 0.387. The summed E-state index contributed by atoms with van der Waals surface area (Å²) in [5, 5.41) is 10.8. The number of thiophene rings is 1. The molecule has 3 aromatic heterocycles. The lowest BCUT2D eigenvalue weighted by Crippen LogP contribution is -2.22. The summed E-state index contributed by atoms with van der Waals surface area (Å²) in [4.78, 5) is 16.3. The predicted molar refractivity (Wildman–Crippen MR) is 108 cm³/mol. The Bertz CT molecular complexity index is 1250. The van der Waals surface area contributed by atoms with Crippen molar-refractivity contribution >= 4 is 38.2 Å². The zero-order chi connectivity index (χ0) is 19.7. The minimum atomic E-state index is -3.47. The molecule has 4 aromatic rings. The number of nitrogens with zero attached hydrogens (tertiary/aromatic N) is 1. The minimum absolute atomic E-state index is 0.211. The lowest BCUT2D eigenvalue weighted by atomic mass is 10.1. The summed E-state index contributed by atoms with van der Waals surface area (Å²) in [6, 6.07) is 12.7. The van der Waals surface area contributed by atoms with Gasteiger partial charge in [0.05, 0.1) is 12.2 Å². The van der Waals surface area contributed by atoms with Crippen molar-refractivity contribution in [2.24, 2.45) is 0 Å². The van der Waals surface area contributed by atoms with Crippen LogP contribution in [0.1, 0.15) is 15.4 Å². The van der Waals surface area contributed by atoms with E-state index < -0.39 is 10.0 Å². The first-order chi connectivity index (χ1) is 13.5. The molecular weight excluding hydrogens is 398 g/mol. The lowest BCUT2D eigenvalue weighted by molar-refractivity contribution is 0.0946. The second-order valence-corrected chi connectivity index (χ2v) is 9.31. The Morgan fingerprint density at radius 2 is 2.04 bits per heavy atom. The standard InChI is InChI=1S/C18H17N5O3S2/c1-19-28(25,26)17-7-6-11(27-17)9-21-18(24)16-8-15(22-23-16)13-10-20-14-5-3-2-4-12(13)14/h2-8,10,19-20H,9H2,1H3,(H,21,24)(H,22,23). The normalized spacial score (nSPS) is 11.8. The Balaban J connectivity index is 1.47. The van der Waals surface area contributed by atoms with E-state index in [1.165, 1.54) is 13.1 Å². The number of H-pyrrole nitrogens is 2. The van der Waals surface area contributed by atoms with Gasteiger partial charge >= 0.3 is 0 Å². The van der Waals surface area contributed by atoms with E-state index >= 15 is 0 Å². The molecule has 0 radical (unpaired) electrons. The molecule has 0 aliphatic heterocycles. The summed E-state index contributed by atoms with van der Waals surface area (Å²) in [5.41, 5.74) is 2.91. The average Bonchev–Trinajstić information content (AvgIpc) is 3.44. The maximum Gasteiger partial charge on any atom is 0.269 e. The van der Waals surface area contributed by atoms with Crippen molar-refractivity contribution < 1.29 is 13.2 Å². The molecule has 10 heteroatoms. The number of amides is 1. The maximum absolute atomic E-state index is 12.4. The molecule has 144 valence electrons. The summed E-state index contributed by atoms with van der Waals surface area (Å²) < 4.78 is 26.0. The van der Waals surface area contributed by atoms with E-state index in [4.69, 9.17) is 0 Å². The van der Waals surface area contributed by atoms with E-state index in [0.717, 1.165) is 32.7 Å². The van der Waals surface area contributed by atoms with Crippen molar-refractivity contribution in [3.8, 4) is 11.3 Å². The number of rotatable bonds is 6. The first-order valence-corrected chi connectivity index (χ1v) is 10.7. The predicted octanol–water partition coefficient (Wildman–Crippen LogP) is 2.46. The smallest absolute Gasteiger partial charge is 0.269 e. The maximum atomic E-state index is 12.4. The highest BCUT2D eigenvalue weighted by atomic mass is 32.2. The number of aromatic amines is 2. The molecule has 0 aliphatic rings. The molecule has 4 rings (SSSR count). The number of fused-ring (bicyclic) bond motifs is 1. The van der Waals surface area contributed by atoms with Crippen molar-refractivity contribution in [3.63, 3.8) is 0 Å². The van der Waals surface area contributed by atoms with Crippen molar-refractivity contribution in [1.82, 2.24) is 25.2 Å². The number of carbonyl (C=O) groups is 1. The van der Waals surface area contributed by atoms with Crippen LogP contribution in [0.25, 0.3) is 22.2 Å². The van der Waals surface area contributed by atoms with Gasteiger partial charge in [-0.2, -0.15) is 5.10 Å². The highest BCUT2D eigenvalue weighted by Gasteiger charge is 2.16. The van der Waals surface area contributed by atoms with Crippen LogP contribution in [0.5, 0.6) is 0 Å². The van der Waals surface area contributed by atoms with Crippen LogP contribution in [-0.2, 0) is 16.6 Å². The molecule has 0 unspecified atom stereocenters. The van der Waals surface area contributed by atoms with Crippen LogP contribution in [0.4, 0.5) is 0 Å². The zero-order valence-electron chi connectivity index (χ0n) is 14.8. The van der Waals surface area contributed by atoms with E-state index in [9.17, 15) is 13.2 Å². The first kappa shape index (κ1) is 18.4. The van der Waals surface area contributed by atoms with Gasteiger partial charge in [0.25, 0.3) is 5.91 Å². The molecule has 4 N–H and O–H groups in total. The van der Waals surface area contributed by atoms with Gasteiger partial charge in [0, 0.05) is 27.5 Å². The molecule has 0 saturated heterocycles. The topological polar surface area (TPSA) is 120 Å². The second kappa shape index (κ2) is 7.23. The third kappa shape index (κ3) is 3.44. The minimum Gasteiger partial charge on any atom is -0.360 e. The van der Waals surface area contributed by atoms with Gasteiger partial charge in [-0.25, -0.2) is 13.1 Å². The van der Waals surface area contributed by atoms with Crippen LogP contribution in [0.3, 0.4) is 0 Å². The van der Waals surface area contributed by atoms with Crippen LogP contribution in [0, 0.1) is 0 Å². The number of benzene rings is 1. The molecule has 0 saturated carbocycles. The largest absolute Gasteiger partial charge is 0.360 e. The average molecular weight is 416 g/mol. The SMILES string of the molecule is CNS(=O)(=O)c1ccc(CNC(=O)c2cc(-c3c[nH]c4ccccc34)n[nH]2)s1. The molecule has 1 aromatic carbocycles. The van der Waals surface area contributed by atoms with Crippen molar-refractivity contribution in [2.75, 3.05) is 7.05 Å². The summed E-state index contributed by atoms with van der Waals surface area (Å²) in [6.45, 7) is 0.226. The molecule has 0 aliphatic carbocycles. The fourth-order valence-corrected chi connectivity index (χ4v) is 4.95. The van der Waals surface area contributed by atoms with Gasteiger partial charge in [0.2, 0.25) is 10.0 Å². The van der Waals surface area contributed by atoms with E-state index in [1.807, 2.05) is 30.5 Å². The fraction of sp³-hybridized carbons (Fsp3) is 0.111. The molecule has 0 fully saturated rings. The zero-order valence-corrected chi connectivity index (χ0v) is 16.4. The monoisotopic (exact) mass is 415 g/mol. The highest BCUT2D eigenvalue weighted by molar-refractivity contribution is 7.91. The van der Waals surface area contributed by atoms with Crippen molar-refractivity contribution in [3.05, 3.63) is 59.2 Å². The van der Waals surface area contributed by atoms with Crippen LogP contribution in [-0.4, -0.2) is 36.6 Å². The van der Waals surface area contributed by atoms with Gasteiger partial charge in [-0.3, -0.25) is 9.89 Å². The summed E-state index contributed by atoms with van der Waals surface area (Å²) in [5.74, 6) is -0.315. The molecule has 0 spiro atoms. The van der Waals surface area contributed by atoms with Gasteiger partial charge in [0.1, 0.15) is 9.90 Å². The number of hydrogen-bond acceptors (Lipinski definition) is 5. The van der Waals surface area contributed by atoms with Crippen molar-refractivity contribution in [1.29, 1.82) is 0 Å². The second-order valence-electron chi connectivity index (χ2n) is 6.03. The third-order valence-corrected chi connectivity index (χ3v) is 7.27. The number of sulfonamides is 1. The molecular formula is C18H17N5O3S2. The molecule has 0 atom stereocenters. The van der Waals surface area contributed by atoms with Crippen molar-refractivity contribution in [2.45, 2.75) is 10.8 Å². The Hall–Kier alpha value is -2.95. The summed E-state index contributed by atoms with van der Waals surface area (Å²) >= 11 is 1.11. The lowest BCUT2D eigenvalue weighted by Gasteiger charge is -2.01. The molecule has 0 bridgehead atoms. The molecule has 1 amide bonds. The Morgan fingerprint density at radius 3 is 2.86 bits per heavy atom. The number of nitrogens with one attached hydrogen (secondary N) is 4. The summed E-state index contributed by atoms with van der Waals surface area (Å²) in [7, 11) is -2.11. The van der Waals surface area contributed by atoms with Gasteiger partial charge in [-0.05, 0) is 31.3 Å². The first-order valence-electron chi connectivity index (χ1n) is 8.40. The number of aromatic nitrogens is 3. The Morgan fingerprint density at radius 1 is 1.21 bits per heavy atom. The molecule has 28 heavy (non-hydrogen) atoms. The highest BCUT2D eigenvalue weighted by Crippen LogP contribution is 2.27. The van der Waals surface area contributed by atoms with Crippen LogP contribution in [0.15, 0.2) is 52.9 Å². The van der Waals surface area contributed by atoms with Crippen LogP contribution < -0.4 is 10.0 Å². The van der Waals surface area contributed by atoms with Gasteiger partial charge in [-0.1, -0.05) is 18.2 Å². The van der Waals surface area contributed by atoms with Gasteiger partial charge in [0.15, 0.2) is 0 Å². The fourth-order valence-electron chi connectivity index (χ4n) is 2.82. The Labute approximate surface area is 165 Å². The van der Waals surface area contributed by atoms with E-state index in [2.05, 4.69) is 25.2 Å². The van der Waals surface area contributed by atoms with Crippen LogP contribution >= 0.6 is 11.3 Å². The summed E-state index contributed by atoms with van der Waals surface area (Å²) in [6.07, 6.45) is 1.86. The number of hydrogen-bond donors (Lipinski definition) is 4. The van der Waals surface area contributed by atoms with E-state index in [0.29, 0.717) is 11.4 Å². The van der Waals surface area contributed by atoms with Gasteiger partial charge < -0.3 is 10.3 Å².